The van der Waals surface area contributed by atoms with Gasteiger partial charge in [-0.3, -0.25) is 9.78 Å². The minimum atomic E-state index is -0.657. The molecule has 2 unspecified atom stereocenters. The summed E-state index contributed by atoms with van der Waals surface area (Å²) in [6.07, 6.45) is 2.01. The van der Waals surface area contributed by atoms with Crippen LogP contribution in [0.2, 0.25) is 0 Å². The van der Waals surface area contributed by atoms with Crippen LogP contribution < -0.4 is 5.32 Å². The maximum absolute atomic E-state index is 12.1. The van der Waals surface area contributed by atoms with Gasteiger partial charge in [-0.15, -0.1) is 0 Å². The van der Waals surface area contributed by atoms with Gasteiger partial charge < -0.3 is 14.9 Å². The molecule has 3 rings (SSSR count). The molecule has 0 bridgehead atoms. The molecule has 1 amide bonds. The zero-order valence-corrected chi connectivity index (χ0v) is 15.1. The molecule has 2 aromatic heterocycles. The summed E-state index contributed by atoms with van der Waals surface area (Å²) in [4.78, 5) is 20.5. The zero-order chi connectivity index (χ0) is 19.1. The predicted octanol–water partition coefficient (Wildman–Crippen LogP) is 2.17. The number of benzene rings is 1. The molecule has 2 heterocycles. The monoisotopic (exact) mass is 366 g/mol. The Balaban J connectivity index is 1.46. The highest BCUT2D eigenvalue weighted by Crippen LogP contribution is 2.13. The summed E-state index contributed by atoms with van der Waals surface area (Å²) in [5.41, 5.74) is 1.65. The van der Waals surface area contributed by atoms with Gasteiger partial charge in [0, 0.05) is 25.5 Å². The summed E-state index contributed by atoms with van der Waals surface area (Å²) in [6, 6.07) is 14.8. The summed E-state index contributed by atoms with van der Waals surface area (Å²) >= 11 is 0. The van der Waals surface area contributed by atoms with Crippen LogP contribution >= 0.6 is 0 Å². The maximum atomic E-state index is 12.1. The lowest BCUT2D eigenvalue weighted by atomic mass is 10.0. The van der Waals surface area contributed by atoms with Crippen molar-refractivity contribution in [1.82, 2.24) is 20.4 Å². The molecule has 0 aliphatic heterocycles. The number of pyridine rings is 1. The van der Waals surface area contributed by atoms with Gasteiger partial charge in [0.2, 0.25) is 17.6 Å². The fourth-order valence-electron chi connectivity index (χ4n) is 2.63. The molecule has 0 aliphatic rings. The molecule has 7 nitrogen and oxygen atoms in total. The number of aliphatic hydroxyl groups is 1. The van der Waals surface area contributed by atoms with E-state index in [1.54, 1.807) is 19.2 Å². The Bertz CT molecular complexity index is 852. The molecular weight excluding hydrogens is 344 g/mol. The first-order valence-corrected chi connectivity index (χ1v) is 8.87. The lowest BCUT2D eigenvalue weighted by molar-refractivity contribution is -0.122. The van der Waals surface area contributed by atoms with Crippen LogP contribution in [0.5, 0.6) is 0 Å². The summed E-state index contributed by atoms with van der Waals surface area (Å²) in [5, 5.41) is 17.0. The molecule has 0 saturated carbocycles. The van der Waals surface area contributed by atoms with Crippen LogP contribution in [0.3, 0.4) is 0 Å². The number of rotatable bonds is 8. The van der Waals surface area contributed by atoms with Crippen LogP contribution in [0.4, 0.5) is 0 Å². The molecular formula is C20H22N4O3. The Morgan fingerprint density at radius 3 is 2.70 bits per heavy atom. The first kappa shape index (κ1) is 18.7. The minimum absolute atomic E-state index is 0.174. The van der Waals surface area contributed by atoms with E-state index in [1.165, 1.54) is 0 Å². The number of amides is 1. The van der Waals surface area contributed by atoms with Crippen LogP contribution in [0.1, 0.15) is 24.8 Å². The summed E-state index contributed by atoms with van der Waals surface area (Å²) < 4.78 is 5.17. The van der Waals surface area contributed by atoms with Crippen molar-refractivity contribution in [3.63, 3.8) is 0 Å². The number of nitrogens with one attached hydrogen (secondary N) is 1. The summed E-state index contributed by atoms with van der Waals surface area (Å²) in [6.45, 7) is 1.79. The third kappa shape index (κ3) is 5.46. The van der Waals surface area contributed by atoms with Crippen LogP contribution in [0.15, 0.2) is 59.3 Å². The Morgan fingerprint density at radius 1 is 1.19 bits per heavy atom. The average Bonchev–Trinajstić information content (AvgIpc) is 3.17. The second-order valence-corrected chi connectivity index (χ2v) is 6.34. The molecule has 140 valence electrons. The Hall–Kier alpha value is -3.06. The largest absolute Gasteiger partial charge is 0.391 e. The van der Waals surface area contributed by atoms with Crippen molar-refractivity contribution in [3.8, 4) is 11.5 Å². The van der Waals surface area contributed by atoms with Gasteiger partial charge in [0.15, 0.2) is 0 Å². The topological polar surface area (TPSA) is 101 Å². The van der Waals surface area contributed by atoms with Crippen molar-refractivity contribution in [2.45, 2.75) is 38.3 Å². The zero-order valence-electron chi connectivity index (χ0n) is 15.1. The molecule has 2 atom stereocenters. The SMILES string of the molecule is CC(NC(=O)CCc1nc(-c2ccccn2)no1)C(O)Cc1ccccc1. The van der Waals surface area contributed by atoms with Crippen molar-refractivity contribution in [2.75, 3.05) is 0 Å². The van der Waals surface area contributed by atoms with Crippen LogP contribution in [0, 0.1) is 0 Å². The number of hydrogen-bond acceptors (Lipinski definition) is 6. The van der Waals surface area contributed by atoms with Gasteiger partial charge >= 0.3 is 0 Å². The van der Waals surface area contributed by atoms with Crippen molar-refractivity contribution in [3.05, 3.63) is 66.2 Å². The number of aryl methyl sites for hydroxylation is 1. The standard InChI is InChI=1S/C20H22N4O3/c1-14(17(25)13-15-7-3-2-4-8-15)22-18(26)10-11-19-23-20(24-27-19)16-9-5-6-12-21-16/h2-9,12,14,17,25H,10-11,13H2,1H3,(H,22,26). The number of aromatic nitrogens is 3. The molecule has 0 fully saturated rings. The lowest BCUT2D eigenvalue weighted by Crippen LogP contribution is -2.42. The fourth-order valence-corrected chi connectivity index (χ4v) is 2.63. The van der Waals surface area contributed by atoms with E-state index < -0.39 is 6.10 Å². The first-order chi connectivity index (χ1) is 13.1. The molecule has 0 saturated heterocycles. The Kier molecular flexibility index (Phi) is 6.27. The fraction of sp³-hybridized carbons (Fsp3) is 0.300. The van der Waals surface area contributed by atoms with E-state index in [1.807, 2.05) is 42.5 Å². The molecule has 0 radical (unpaired) electrons. The van der Waals surface area contributed by atoms with E-state index in [2.05, 4.69) is 20.4 Å². The average molecular weight is 366 g/mol. The molecule has 0 aliphatic carbocycles. The smallest absolute Gasteiger partial charge is 0.227 e. The minimum Gasteiger partial charge on any atom is -0.391 e. The third-order valence-corrected chi connectivity index (χ3v) is 4.18. The van der Waals surface area contributed by atoms with Gasteiger partial charge in [0.05, 0.1) is 12.1 Å². The highest BCUT2D eigenvalue weighted by Gasteiger charge is 2.18. The van der Waals surface area contributed by atoms with E-state index in [9.17, 15) is 9.90 Å². The van der Waals surface area contributed by atoms with Crippen molar-refractivity contribution in [1.29, 1.82) is 0 Å². The molecule has 1 aromatic carbocycles. The molecule has 2 N–H and O–H groups in total. The van der Waals surface area contributed by atoms with Gasteiger partial charge in [-0.1, -0.05) is 41.6 Å². The predicted molar refractivity (Wildman–Crippen MR) is 99.6 cm³/mol. The van der Waals surface area contributed by atoms with Gasteiger partial charge in [-0.2, -0.15) is 4.98 Å². The highest BCUT2D eigenvalue weighted by molar-refractivity contribution is 5.76. The van der Waals surface area contributed by atoms with Crippen molar-refractivity contribution < 1.29 is 14.4 Å². The maximum Gasteiger partial charge on any atom is 0.227 e. The number of carbonyl (C=O) groups is 1. The van der Waals surface area contributed by atoms with Gasteiger partial charge in [0.1, 0.15) is 5.69 Å². The van der Waals surface area contributed by atoms with Crippen molar-refractivity contribution >= 4 is 5.91 Å². The number of aliphatic hydroxyl groups excluding tert-OH is 1. The number of nitrogens with zero attached hydrogens (tertiary/aromatic N) is 3. The van der Waals surface area contributed by atoms with E-state index in [0.29, 0.717) is 30.3 Å². The second-order valence-electron chi connectivity index (χ2n) is 6.34. The van der Waals surface area contributed by atoms with E-state index in [-0.39, 0.29) is 18.4 Å². The lowest BCUT2D eigenvalue weighted by Gasteiger charge is -2.20. The number of carbonyl (C=O) groups excluding carboxylic acids is 1. The number of hydrogen-bond donors (Lipinski definition) is 2. The Morgan fingerprint density at radius 2 is 1.96 bits per heavy atom. The molecule has 0 spiro atoms. The molecule has 3 aromatic rings. The van der Waals surface area contributed by atoms with Gasteiger partial charge in [0.25, 0.3) is 0 Å². The highest BCUT2D eigenvalue weighted by atomic mass is 16.5. The molecule has 27 heavy (non-hydrogen) atoms. The van der Waals surface area contributed by atoms with E-state index in [4.69, 9.17) is 4.52 Å². The van der Waals surface area contributed by atoms with Gasteiger partial charge in [-0.25, -0.2) is 0 Å². The quantitative estimate of drug-likeness (QED) is 0.634. The Labute approximate surface area is 157 Å². The third-order valence-electron chi connectivity index (χ3n) is 4.18. The molecule has 7 heteroatoms. The second kappa shape index (κ2) is 9.05. The first-order valence-electron chi connectivity index (χ1n) is 8.87. The normalized spacial score (nSPS) is 13.1. The van der Waals surface area contributed by atoms with Crippen LogP contribution in [-0.2, 0) is 17.6 Å². The van der Waals surface area contributed by atoms with Crippen molar-refractivity contribution in [2.24, 2.45) is 0 Å². The van der Waals surface area contributed by atoms with Gasteiger partial charge in [-0.05, 0) is 24.6 Å². The van der Waals surface area contributed by atoms with Crippen LogP contribution in [0.25, 0.3) is 11.5 Å². The van der Waals surface area contributed by atoms with E-state index >= 15 is 0 Å². The van der Waals surface area contributed by atoms with E-state index in [0.717, 1.165) is 5.56 Å². The summed E-state index contributed by atoms with van der Waals surface area (Å²) in [5.74, 6) is 0.605. The van der Waals surface area contributed by atoms with Crippen LogP contribution in [-0.4, -0.2) is 38.3 Å². The summed E-state index contributed by atoms with van der Waals surface area (Å²) in [7, 11) is 0.